The van der Waals surface area contributed by atoms with Crippen molar-refractivity contribution in [3.8, 4) is 0 Å². The highest BCUT2D eigenvalue weighted by Crippen LogP contribution is 2.37. The summed E-state index contributed by atoms with van der Waals surface area (Å²) in [6.07, 6.45) is 3.61. The summed E-state index contributed by atoms with van der Waals surface area (Å²) >= 11 is 1.84. The molecule has 27 heavy (non-hydrogen) atoms. The fourth-order valence-electron chi connectivity index (χ4n) is 3.58. The molecule has 2 N–H and O–H groups in total. The van der Waals surface area contributed by atoms with E-state index < -0.39 is 0 Å². The molecule has 1 aromatic heterocycles. The molecule has 7 heteroatoms. The molecule has 2 unspecified atom stereocenters. The molecule has 0 saturated carbocycles. The number of piperidine rings is 1. The number of hydrogen-bond donors (Lipinski definition) is 2. The van der Waals surface area contributed by atoms with Gasteiger partial charge in [-0.25, -0.2) is 0 Å². The van der Waals surface area contributed by atoms with Crippen molar-refractivity contribution >= 4 is 23.3 Å². The SMILES string of the molecule is CCNC(=NCC1CCCN(C)C1c1cccs1)NCCCC(=O)OCC. The molecule has 1 aliphatic heterocycles. The number of likely N-dealkylation sites (tertiary alicyclic amines) is 1. The van der Waals surface area contributed by atoms with Crippen LogP contribution in [0.25, 0.3) is 0 Å². The third-order valence-corrected chi connectivity index (χ3v) is 5.77. The van der Waals surface area contributed by atoms with Crippen LogP contribution in [0.5, 0.6) is 0 Å². The molecule has 2 atom stereocenters. The van der Waals surface area contributed by atoms with Crippen molar-refractivity contribution in [2.24, 2.45) is 10.9 Å². The second-order valence-corrected chi connectivity index (χ2v) is 7.88. The van der Waals surface area contributed by atoms with Gasteiger partial charge < -0.3 is 15.4 Å². The molecule has 6 nitrogen and oxygen atoms in total. The van der Waals surface area contributed by atoms with Crippen molar-refractivity contribution < 1.29 is 9.53 Å². The van der Waals surface area contributed by atoms with Gasteiger partial charge in [-0.05, 0) is 64.1 Å². The second kappa shape index (κ2) is 12.0. The van der Waals surface area contributed by atoms with Gasteiger partial charge >= 0.3 is 5.97 Å². The van der Waals surface area contributed by atoms with Crippen molar-refractivity contribution in [1.82, 2.24) is 15.5 Å². The Balaban J connectivity index is 1.89. The maximum absolute atomic E-state index is 11.4. The minimum Gasteiger partial charge on any atom is -0.466 e. The first-order valence-corrected chi connectivity index (χ1v) is 10.9. The van der Waals surface area contributed by atoms with Crippen molar-refractivity contribution in [2.75, 3.05) is 39.8 Å². The number of hydrogen-bond acceptors (Lipinski definition) is 5. The first-order chi connectivity index (χ1) is 13.2. The number of ether oxygens (including phenoxy) is 1. The molecule has 2 rings (SSSR count). The van der Waals surface area contributed by atoms with E-state index in [0.29, 0.717) is 31.5 Å². The number of esters is 1. The Kier molecular flexibility index (Phi) is 9.62. The van der Waals surface area contributed by atoms with Crippen LogP contribution in [0.1, 0.15) is 50.4 Å². The Labute approximate surface area is 167 Å². The van der Waals surface area contributed by atoms with E-state index >= 15 is 0 Å². The van der Waals surface area contributed by atoms with Gasteiger partial charge in [0.1, 0.15) is 0 Å². The minimum absolute atomic E-state index is 0.134. The van der Waals surface area contributed by atoms with E-state index in [-0.39, 0.29) is 5.97 Å². The van der Waals surface area contributed by atoms with Crippen LogP contribution >= 0.6 is 11.3 Å². The van der Waals surface area contributed by atoms with E-state index in [0.717, 1.165) is 32.0 Å². The zero-order valence-corrected chi connectivity index (χ0v) is 17.7. The lowest BCUT2D eigenvalue weighted by atomic mass is 9.88. The zero-order valence-electron chi connectivity index (χ0n) is 16.9. The molecule has 1 saturated heterocycles. The summed E-state index contributed by atoms with van der Waals surface area (Å²) in [6, 6.07) is 4.83. The number of aliphatic imine (C=N–C) groups is 1. The van der Waals surface area contributed by atoms with Gasteiger partial charge in [-0.1, -0.05) is 6.07 Å². The smallest absolute Gasteiger partial charge is 0.305 e. The van der Waals surface area contributed by atoms with Gasteiger partial charge in [0.25, 0.3) is 0 Å². The quantitative estimate of drug-likeness (QED) is 0.292. The largest absolute Gasteiger partial charge is 0.466 e. The highest BCUT2D eigenvalue weighted by molar-refractivity contribution is 7.10. The molecule has 1 aromatic rings. The summed E-state index contributed by atoms with van der Waals surface area (Å²) in [4.78, 5) is 20.2. The summed E-state index contributed by atoms with van der Waals surface area (Å²) < 4.78 is 4.96. The number of nitrogens with zero attached hydrogens (tertiary/aromatic N) is 2. The number of rotatable bonds is 9. The van der Waals surface area contributed by atoms with Gasteiger partial charge in [0.05, 0.1) is 6.61 Å². The number of guanidine groups is 1. The summed E-state index contributed by atoms with van der Waals surface area (Å²) in [6.45, 7) is 7.83. The first-order valence-electron chi connectivity index (χ1n) is 10.1. The predicted octanol–water partition coefficient (Wildman–Crippen LogP) is 3.03. The average Bonchev–Trinajstić information content (AvgIpc) is 3.17. The van der Waals surface area contributed by atoms with E-state index in [1.54, 1.807) is 0 Å². The molecular weight excluding hydrogens is 360 g/mol. The fourth-order valence-corrected chi connectivity index (χ4v) is 4.57. The van der Waals surface area contributed by atoms with Crippen molar-refractivity contribution in [3.63, 3.8) is 0 Å². The minimum atomic E-state index is -0.134. The molecule has 0 aliphatic carbocycles. The molecule has 1 fully saturated rings. The summed E-state index contributed by atoms with van der Waals surface area (Å²) in [5.74, 6) is 1.22. The summed E-state index contributed by atoms with van der Waals surface area (Å²) in [5, 5.41) is 8.81. The van der Waals surface area contributed by atoms with E-state index in [4.69, 9.17) is 9.73 Å². The zero-order chi connectivity index (χ0) is 19.5. The van der Waals surface area contributed by atoms with Crippen LogP contribution in [0.4, 0.5) is 0 Å². The number of nitrogens with one attached hydrogen (secondary N) is 2. The predicted molar refractivity (Wildman–Crippen MR) is 112 cm³/mol. The summed E-state index contributed by atoms with van der Waals surface area (Å²) in [7, 11) is 2.22. The lowest BCUT2D eigenvalue weighted by molar-refractivity contribution is -0.143. The van der Waals surface area contributed by atoms with E-state index in [1.807, 2.05) is 18.3 Å². The molecule has 0 spiro atoms. The third-order valence-electron chi connectivity index (χ3n) is 4.83. The Hall–Kier alpha value is -1.60. The first kappa shape index (κ1) is 21.7. The average molecular weight is 395 g/mol. The van der Waals surface area contributed by atoms with Crippen molar-refractivity contribution in [1.29, 1.82) is 0 Å². The molecule has 2 heterocycles. The lowest BCUT2D eigenvalue weighted by Crippen LogP contribution is -2.40. The van der Waals surface area contributed by atoms with Crippen LogP contribution < -0.4 is 10.6 Å². The van der Waals surface area contributed by atoms with E-state index in [1.165, 1.54) is 17.7 Å². The van der Waals surface area contributed by atoms with E-state index in [9.17, 15) is 4.79 Å². The van der Waals surface area contributed by atoms with Crippen molar-refractivity contribution in [3.05, 3.63) is 22.4 Å². The van der Waals surface area contributed by atoms with Crippen molar-refractivity contribution in [2.45, 2.75) is 45.6 Å². The molecular formula is C20H34N4O2S. The monoisotopic (exact) mass is 394 g/mol. The van der Waals surface area contributed by atoms with E-state index in [2.05, 4.69) is 47.0 Å². The number of thiophene rings is 1. The highest BCUT2D eigenvalue weighted by atomic mass is 32.1. The van der Waals surface area contributed by atoms with Gasteiger partial charge in [0.2, 0.25) is 0 Å². The lowest BCUT2D eigenvalue weighted by Gasteiger charge is -2.38. The van der Waals surface area contributed by atoms with Gasteiger partial charge in [-0.2, -0.15) is 0 Å². The Morgan fingerprint density at radius 2 is 2.26 bits per heavy atom. The molecule has 0 radical (unpaired) electrons. The molecule has 0 amide bonds. The standard InChI is InChI=1S/C20H34N4O2S/c1-4-21-20(22-12-6-11-18(25)26-5-2)23-15-16-9-7-13-24(3)19(16)17-10-8-14-27-17/h8,10,14,16,19H,4-7,9,11-13,15H2,1-3H3,(H2,21,22,23). The molecule has 1 aliphatic rings. The molecule has 152 valence electrons. The second-order valence-electron chi connectivity index (χ2n) is 6.90. The highest BCUT2D eigenvalue weighted by Gasteiger charge is 2.31. The van der Waals surface area contributed by atoms with Gasteiger partial charge in [0.15, 0.2) is 5.96 Å². The third kappa shape index (κ3) is 7.14. The van der Waals surface area contributed by atoms with Gasteiger partial charge in [0, 0.05) is 37.0 Å². The normalized spacial score (nSPS) is 21.1. The summed E-state index contributed by atoms with van der Waals surface area (Å²) in [5.41, 5.74) is 0. The number of carbonyl (C=O) groups is 1. The Bertz CT molecular complexity index is 577. The van der Waals surface area contributed by atoms with Gasteiger partial charge in [-0.3, -0.25) is 14.7 Å². The van der Waals surface area contributed by atoms with Crippen LogP contribution in [0.15, 0.2) is 22.5 Å². The topological polar surface area (TPSA) is 66.0 Å². The van der Waals surface area contributed by atoms with Crippen LogP contribution in [-0.4, -0.2) is 56.7 Å². The van der Waals surface area contributed by atoms with Crippen LogP contribution in [0, 0.1) is 5.92 Å². The van der Waals surface area contributed by atoms with Gasteiger partial charge in [-0.15, -0.1) is 11.3 Å². The van der Waals surface area contributed by atoms with Crippen LogP contribution in [-0.2, 0) is 9.53 Å². The fraction of sp³-hybridized carbons (Fsp3) is 0.700. The molecule has 0 aromatic carbocycles. The Morgan fingerprint density at radius 1 is 1.41 bits per heavy atom. The Morgan fingerprint density at radius 3 is 2.96 bits per heavy atom. The number of carbonyl (C=O) groups excluding carboxylic acids is 1. The maximum Gasteiger partial charge on any atom is 0.305 e. The maximum atomic E-state index is 11.4. The van der Waals surface area contributed by atoms with Crippen LogP contribution in [0.2, 0.25) is 0 Å². The molecule has 0 bridgehead atoms. The van der Waals surface area contributed by atoms with Crippen LogP contribution in [0.3, 0.4) is 0 Å².